The minimum Gasteiger partial charge on any atom is -0.329 e. The van der Waals surface area contributed by atoms with Gasteiger partial charge in [0, 0.05) is 22.3 Å². The third kappa shape index (κ3) is 3.26. The molecule has 1 amide bonds. The second kappa shape index (κ2) is 6.24. The molecular formula is C17H14ClN3O2. The molecule has 0 unspecified atom stereocenters. The summed E-state index contributed by atoms with van der Waals surface area (Å²) < 4.78 is 0. The van der Waals surface area contributed by atoms with Crippen LogP contribution in [-0.4, -0.2) is 10.9 Å². The van der Waals surface area contributed by atoms with Gasteiger partial charge in [0.2, 0.25) is 5.91 Å². The predicted molar refractivity (Wildman–Crippen MR) is 91.6 cm³/mol. The molecule has 0 radical (unpaired) electrons. The number of aromatic amines is 1. The van der Waals surface area contributed by atoms with Crippen LogP contribution in [0.4, 0.5) is 5.69 Å². The Balaban J connectivity index is 1.82. The van der Waals surface area contributed by atoms with Crippen LogP contribution in [0.1, 0.15) is 11.6 Å². The summed E-state index contributed by atoms with van der Waals surface area (Å²) >= 11 is 5.82. The summed E-state index contributed by atoms with van der Waals surface area (Å²) in [5.74, 6) is -0.337. The average Bonchev–Trinajstić information content (AvgIpc) is 2.55. The summed E-state index contributed by atoms with van der Waals surface area (Å²) in [6, 6.07) is 12.8. The lowest BCUT2D eigenvalue weighted by atomic mass is 10.1. The van der Waals surface area contributed by atoms with Gasteiger partial charge in [0.25, 0.3) is 5.56 Å². The normalized spacial score (nSPS) is 12.1. The monoisotopic (exact) mass is 327 g/mol. The predicted octanol–water partition coefficient (Wildman–Crippen LogP) is 2.82. The van der Waals surface area contributed by atoms with Crippen molar-refractivity contribution in [2.75, 3.05) is 5.32 Å². The van der Waals surface area contributed by atoms with Crippen molar-refractivity contribution in [1.29, 1.82) is 0 Å². The van der Waals surface area contributed by atoms with Gasteiger partial charge in [0.05, 0.1) is 0 Å². The van der Waals surface area contributed by atoms with Gasteiger partial charge < -0.3 is 16.0 Å². The number of aromatic nitrogens is 1. The molecule has 2 aromatic carbocycles. The molecule has 0 saturated heterocycles. The quantitative estimate of drug-likeness (QED) is 0.691. The third-order valence-electron chi connectivity index (χ3n) is 3.55. The number of nitrogens with one attached hydrogen (secondary N) is 2. The van der Waals surface area contributed by atoms with Gasteiger partial charge in [0.15, 0.2) is 0 Å². The van der Waals surface area contributed by atoms with Gasteiger partial charge in [0.1, 0.15) is 6.04 Å². The van der Waals surface area contributed by atoms with E-state index < -0.39 is 6.04 Å². The summed E-state index contributed by atoms with van der Waals surface area (Å²) in [5.41, 5.74) is 7.05. The van der Waals surface area contributed by atoms with Crippen molar-refractivity contribution in [3.63, 3.8) is 0 Å². The molecule has 23 heavy (non-hydrogen) atoms. The molecule has 0 bridgehead atoms. The number of hydrogen-bond donors (Lipinski definition) is 3. The zero-order valence-electron chi connectivity index (χ0n) is 12.0. The average molecular weight is 328 g/mol. The number of halogens is 1. The van der Waals surface area contributed by atoms with E-state index in [0.29, 0.717) is 21.7 Å². The number of pyridine rings is 1. The fourth-order valence-electron chi connectivity index (χ4n) is 2.31. The SMILES string of the molecule is N[C@@H](C(=O)Nc1ccc2c(=O)[nH]ccc2c1)c1ccc(Cl)cc1. The fraction of sp³-hybridized carbons (Fsp3) is 0.0588. The first-order valence-electron chi connectivity index (χ1n) is 6.98. The summed E-state index contributed by atoms with van der Waals surface area (Å²) in [6.45, 7) is 0. The minimum absolute atomic E-state index is 0.168. The first kappa shape index (κ1) is 15.3. The van der Waals surface area contributed by atoms with E-state index in [-0.39, 0.29) is 11.5 Å². The highest BCUT2D eigenvalue weighted by Gasteiger charge is 2.16. The maximum atomic E-state index is 12.3. The molecule has 1 aromatic heterocycles. The van der Waals surface area contributed by atoms with E-state index in [2.05, 4.69) is 10.3 Å². The highest BCUT2D eigenvalue weighted by atomic mass is 35.5. The van der Waals surface area contributed by atoms with Crippen molar-refractivity contribution in [3.05, 3.63) is 75.7 Å². The molecule has 0 aliphatic rings. The number of carbonyl (C=O) groups is 1. The van der Waals surface area contributed by atoms with Gasteiger partial charge in [-0.3, -0.25) is 9.59 Å². The van der Waals surface area contributed by atoms with Crippen molar-refractivity contribution in [3.8, 4) is 0 Å². The zero-order valence-corrected chi connectivity index (χ0v) is 12.8. The van der Waals surface area contributed by atoms with Crippen molar-refractivity contribution in [2.24, 2.45) is 5.73 Å². The van der Waals surface area contributed by atoms with Crippen LogP contribution < -0.4 is 16.6 Å². The molecule has 3 aromatic rings. The summed E-state index contributed by atoms with van der Waals surface area (Å²) in [6.07, 6.45) is 1.57. The molecule has 4 N–H and O–H groups in total. The van der Waals surface area contributed by atoms with E-state index in [9.17, 15) is 9.59 Å². The van der Waals surface area contributed by atoms with Crippen LogP contribution in [0.5, 0.6) is 0 Å². The van der Waals surface area contributed by atoms with E-state index in [1.54, 1.807) is 54.7 Å². The Morgan fingerprint density at radius 1 is 1.13 bits per heavy atom. The van der Waals surface area contributed by atoms with Gasteiger partial charge in [-0.1, -0.05) is 23.7 Å². The first-order chi connectivity index (χ1) is 11.0. The van der Waals surface area contributed by atoms with E-state index >= 15 is 0 Å². The van der Waals surface area contributed by atoms with E-state index in [1.807, 2.05) is 0 Å². The Morgan fingerprint density at radius 2 is 1.87 bits per heavy atom. The van der Waals surface area contributed by atoms with Gasteiger partial charge >= 0.3 is 0 Å². The molecule has 0 saturated carbocycles. The molecule has 0 spiro atoms. The Labute approximate surface area is 137 Å². The Kier molecular flexibility index (Phi) is 4.14. The largest absolute Gasteiger partial charge is 0.329 e. The molecule has 0 aliphatic carbocycles. The Bertz CT molecular complexity index is 919. The number of fused-ring (bicyclic) bond motifs is 1. The maximum Gasteiger partial charge on any atom is 0.255 e. The fourth-order valence-corrected chi connectivity index (χ4v) is 2.44. The topological polar surface area (TPSA) is 88.0 Å². The lowest BCUT2D eigenvalue weighted by Crippen LogP contribution is -2.27. The Morgan fingerprint density at radius 3 is 2.61 bits per heavy atom. The van der Waals surface area contributed by atoms with E-state index in [0.717, 1.165) is 5.39 Å². The number of nitrogens with two attached hydrogens (primary N) is 1. The second-order valence-corrected chi connectivity index (χ2v) is 5.56. The van der Waals surface area contributed by atoms with Crippen LogP contribution in [0.3, 0.4) is 0 Å². The van der Waals surface area contributed by atoms with Crippen LogP contribution in [0.25, 0.3) is 10.8 Å². The third-order valence-corrected chi connectivity index (χ3v) is 3.80. The van der Waals surface area contributed by atoms with E-state index in [1.165, 1.54) is 0 Å². The molecule has 1 atom stereocenters. The van der Waals surface area contributed by atoms with Crippen LogP contribution in [0.2, 0.25) is 5.02 Å². The standard InChI is InChI=1S/C17H14ClN3O2/c18-12-3-1-10(2-4-12)15(19)17(23)21-13-5-6-14-11(9-13)7-8-20-16(14)22/h1-9,15H,19H2,(H,20,22)(H,21,23)/t15-/m1/s1. The molecule has 0 fully saturated rings. The number of carbonyl (C=O) groups excluding carboxylic acids is 1. The van der Waals surface area contributed by atoms with Crippen LogP contribution in [0, 0.1) is 0 Å². The number of anilines is 1. The molecular weight excluding hydrogens is 314 g/mol. The van der Waals surface area contributed by atoms with Gasteiger partial charge in [-0.15, -0.1) is 0 Å². The summed E-state index contributed by atoms with van der Waals surface area (Å²) in [7, 11) is 0. The molecule has 6 heteroatoms. The van der Waals surface area contributed by atoms with Crippen LogP contribution in [-0.2, 0) is 4.79 Å². The summed E-state index contributed by atoms with van der Waals surface area (Å²) in [5, 5.41) is 4.65. The Hall–Kier alpha value is -2.63. The van der Waals surface area contributed by atoms with E-state index in [4.69, 9.17) is 17.3 Å². The van der Waals surface area contributed by atoms with Gasteiger partial charge in [-0.05, 0) is 47.3 Å². The van der Waals surface area contributed by atoms with Crippen molar-refractivity contribution < 1.29 is 4.79 Å². The smallest absolute Gasteiger partial charge is 0.255 e. The lowest BCUT2D eigenvalue weighted by molar-refractivity contribution is -0.117. The molecule has 1 heterocycles. The van der Waals surface area contributed by atoms with Crippen molar-refractivity contribution in [1.82, 2.24) is 4.98 Å². The molecule has 3 rings (SSSR count). The highest BCUT2D eigenvalue weighted by Crippen LogP contribution is 2.19. The number of amides is 1. The highest BCUT2D eigenvalue weighted by molar-refractivity contribution is 6.30. The number of rotatable bonds is 3. The van der Waals surface area contributed by atoms with Crippen LogP contribution in [0.15, 0.2) is 59.5 Å². The van der Waals surface area contributed by atoms with Crippen molar-refractivity contribution in [2.45, 2.75) is 6.04 Å². The molecule has 5 nitrogen and oxygen atoms in total. The van der Waals surface area contributed by atoms with Gasteiger partial charge in [-0.25, -0.2) is 0 Å². The first-order valence-corrected chi connectivity index (χ1v) is 7.36. The summed E-state index contributed by atoms with van der Waals surface area (Å²) in [4.78, 5) is 26.5. The number of benzene rings is 2. The van der Waals surface area contributed by atoms with Gasteiger partial charge in [-0.2, -0.15) is 0 Å². The molecule has 116 valence electrons. The zero-order chi connectivity index (χ0) is 16.4. The maximum absolute atomic E-state index is 12.3. The lowest BCUT2D eigenvalue weighted by Gasteiger charge is -2.13. The number of hydrogen-bond acceptors (Lipinski definition) is 3. The number of H-pyrrole nitrogens is 1. The molecule has 0 aliphatic heterocycles. The van der Waals surface area contributed by atoms with Crippen molar-refractivity contribution >= 4 is 34.0 Å². The van der Waals surface area contributed by atoms with Crippen LogP contribution >= 0.6 is 11.6 Å². The minimum atomic E-state index is -0.804. The second-order valence-electron chi connectivity index (χ2n) is 5.13.